The quantitative estimate of drug-likeness (QED) is 0.384. The van der Waals surface area contributed by atoms with Crippen LogP contribution in [0, 0.1) is 10.1 Å². The summed E-state index contributed by atoms with van der Waals surface area (Å²) in [6.45, 7) is 2.49. The Morgan fingerprint density at radius 3 is 2.45 bits per heavy atom. The molecule has 1 unspecified atom stereocenters. The molecule has 0 radical (unpaired) electrons. The van der Waals surface area contributed by atoms with E-state index < -0.39 is 6.04 Å². The van der Waals surface area contributed by atoms with Gasteiger partial charge >= 0.3 is 0 Å². The van der Waals surface area contributed by atoms with Gasteiger partial charge in [-0.15, -0.1) is 0 Å². The fourth-order valence-corrected chi connectivity index (χ4v) is 2.38. The number of carbonyl (C=O) groups excluding carboxylic acids is 1. The van der Waals surface area contributed by atoms with Crippen molar-refractivity contribution in [3.8, 4) is 0 Å². The van der Waals surface area contributed by atoms with Crippen LogP contribution in [0.15, 0.2) is 30.3 Å². The summed E-state index contributed by atoms with van der Waals surface area (Å²) in [5.74, 6) is -0.175. The smallest absolute Gasteiger partial charge is 0.251 e. The highest BCUT2D eigenvalue weighted by Gasteiger charge is 2.19. The summed E-state index contributed by atoms with van der Waals surface area (Å²) in [6, 6.07) is 8.34. The molecule has 0 saturated heterocycles. The number of rotatable bonds is 11. The third kappa shape index (κ3) is 7.20. The first-order valence-corrected chi connectivity index (χ1v) is 8.12. The first kappa shape index (κ1) is 18.1. The van der Waals surface area contributed by atoms with Crippen molar-refractivity contribution in [3.05, 3.63) is 46.0 Å². The molecule has 0 bridgehead atoms. The van der Waals surface area contributed by atoms with Crippen molar-refractivity contribution in [1.29, 1.82) is 0 Å². The average molecular weight is 306 g/mol. The lowest BCUT2D eigenvalue weighted by Gasteiger charge is -2.10. The van der Waals surface area contributed by atoms with Crippen LogP contribution in [0.2, 0.25) is 0 Å². The van der Waals surface area contributed by atoms with Crippen molar-refractivity contribution in [2.45, 2.75) is 57.9 Å². The Hall–Kier alpha value is -1.91. The maximum absolute atomic E-state index is 11.8. The van der Waals surface area contributed by atoms with Gasteiger partial charge < -0.3 is 5.32 Å². The zero-order valence-electron chi connectivity index (χ0n) is 13.3. The van der Waals surface area contributed by atoms with Gasteiger partial charge in [-0.3, -0.25) is 14.9 Å². The highest BCUT2D eigenvalue weighted by atomic mass is 16.6. The second kappa shape index (κ2) is 10.8. The normalized spacial score (nSPS) is 11.9. The zero-order valence-corrected chi connectivity index (χ0v) is 13.3. The van der Waals surface area contributed by atoms with Gasteiger partial charge in [-0.2, -0.15) is 0 Å². The maximum Gasteiger partial charge on any atom is 0.251 e. The molecule has 122 valence electrons. The van der Waals surface area contributed by atoms with E-state index in [0.717, 1.165) is 19.3 Å². The fraction of sp³-hybridized carbons (Fsp3) is 0.588. The Kier molecular flexibility index (Phi) is 8.88. The van der Waals surface area contributed by atoms with E-state index in [1.54, 1.807) is 24.3 Å². The third-order valence-electron chi connectivity index (χ3n) is 3.74. The van der Waals surface area contributed by atoms with E-state index in [-0.39, 0.29) is 10.8 Å². The van der Waals surface area contributed by atoms with Crippen LogP contribution < -0.4 is 5.32 Å². The summed E-state index contributed by atoms with van der Waals surface area (Å²) in [4.78, 5) is 22.7. The number of unbranched alkanes of at least 4 members (excludes halogenated alkanes) is 4. The van der Waals surface area contributed by atoms with Crippen LogP contribution >= 0.6 is 0 Å². The van der Waals surface area contributed by atoms with Gasteiger partial charge in [0.15, 0.2) is 0 Å². The van der Waals surface area contributed by atoms with Crippen LogP contribution in [0.5, 0.6) is 0 Å². The van der Waals surface area contributed by atoms with Gasteiger partial charge in [-0.1, -0.05) is 50.8 Å². The van der Waals surface area contributed by atoms with E-state index in [0.29, 0.717) is 24.9 Å². The second-order valence-corrected chi connectivity index (χ2v) is 5.55. The van der Waals surface area contributed by atoms with Gasteiger partial charge in [-0.05, 0) is 18.6 Å². The standard InChI is InChI=1S/C17H26N2O3/c1-2-3-4-5-9-12-16(19(21)22)13-14-18-17(20)15-10-7-6-8-11-15/h6-8,10-11,16H,2-5,9,12-14H2,1H3,(H,18,20). The Labute approximate surface area is 132 Å². The lowest BCUT2D eigenvalue weighted by atomic mass is 10.0. The summed E-state index contributed by atoms with van der Waals surface area (Å²) in [6.07, 6.45) is 6.43. The molecule has 5 heteroatoms. The number of nitro groups is 1. The molecule has 1 aromatic rings. The van der Waals surface area contributed by atoms with E-state index in [9.17, 15) is 14.9 Å². The van der Waals surface area contributed by atoms with Crippen molar-refractivity contribution < 1.29 is 9.72 Å². The first-order chi connectivity index (χ1) is 10.6. The van der Waals surface area contributed by atoms with E-state index in [1.807, 2.05) is 6.07 Å². The molecule has 1 atom stereocenters. The van der Waals surface area contributed by atoms with Gasteiger partial charge in [0.25, 0.3) is 5.91 Å². The number of nitrogens with zero attached hydrogens (tertiary/aromatic N) is 1. The SMILES string of the molecule is CCCCCCCC(CCNC(=O)c1ccccc1)[N+](=O)[O-]. The molecular weight excluding hydrogens is 280 g/mol. The van der Waals surface area contributed by atoms with Crippen molar-refractivity contribution in [1.82, 2.24) is 5.32 Å². The molecule has 0 heterocycles. The van der Waals surface area contributed by atoms with Crippen molar-refractivity contribution in [3.63, 3.8) is 0 Å². The van der Waals surface area contributed by atoms with E-state index >= 15 is 0 Å². The molecule has 0 spiro atoms. The topological polar surface area (TPSA) is 72.2 Å². The minimum Gasteiger partial charge on any atom is -0.352 e. The van der Waals surface area contributed by atoms with E-state index in [1.165, 1.54) is 12.8 Å². The third-order valence-corrected chi connectivity index (χ3v) is 3.74. The van der Waals surface area contributed by atoms with Crippen molar-refractivity contribution >= 4 is 5.91 Å². The predicted molar refractivity (Wildman–Crippen MR) is 87.6 cm³/mol. The molecule has 5 nitrogen and oxygen atoms in total. The molecule has 0 aliphatic heterocycles. The molecule has 1 rings (SSSR count). The van der Waals surface area contributed by atoms with Gasteiger partial charge in [0.05, 0.1) is 0 Å². The first-order valence-electron chi connectivity index (χ1n) is 8.12. The van der Waals surface area contributed by atoms with Gasteiger partial charge in [-0.25, -0.2) is 0 Å². The summed E-state index contributed by atoms with van der Waals surface area (Å²) in [5, 5.41) is 13.8. The van der Waals surface area contributed by atoms with Crippen LogP contribution in [0.3, 0.4) is 0 Å². The molecule has 0 aliphatic carbocycles. The second-order valence-electron chi connectivity index (χ2n) is 5.55. The summed E-state index contributed by atoms with van der Waals surface area (Å²) in [7, 11) is 0. The Morgan fingerprint density at radius 1 is 1.14 bits per heavy atom. The number of hydrogen-bond donors (Lipinski definition) is 1. The number of nitrogens with one attached hydrogen (secondary N) is 1. The molecule has 0 aliphatic rings. The largest absolute Gasteiger partial charge is 0.352 e. The minimum absolute atomic E-state index is 0.175. The van der Waals surface area contributed by atoms with Crippen LogP contribution in [0.4, 0.5) is 0 Å². The molecular formula is C17H26N2O3. The fourth-order valence-electron chi connectivity index (χ4n) is 2.38. The number of benzene rings is 1. The molecule has 0 saturated carbocycles. The molecule has 1 amide bonds. The van der Waals surface area contributed by atoms with Crippen LogP contribution in [-0.2, 0) is 0 Å². The van der Waals surface area contributed by atoms with Crippen molar-refractivity contribution in [2.75, 3.05) is 6.54 Å². The lowest BCUT2D eigenvalue weighted by molar-refractivity contribution is -0.524. The monoisotopic (exact) mass is 306 g/mol. The molecule has 1 N–H and O–H groups in total. The van der Waals surface area contributed by atoms with E-state index in [2.05, 4.69) is 12.2 Å². The minimum atomic E-state index is -0.558. The number of amides is 1. The van der Waals surface area contributed by atoms with Crippen LogP contribution in [0.25, 0.3) is 0 Å². The molecule has 0 fully saturated rings. The molecule has 1 aromatic carbocycles. The Bertz CT molecular complexity index is 448. The zero-order chi connectivity index (χ0) is 16.2. The van der Waals surface area contributed by atoms with E-state index in [4.69, 9.17) is 0 Å². The number of carbonyl (C=O) groups is 1. The average Bonchev–Trinajstić information content (AvgIpc) is 2.53. The highest BCUT2D eigenvalue weighted by Crippen LogP contribution is 2.11. The predicted octanol–water partition coefficient (Wildman–Crippen LogP) is 3.81. The van der Waals surface area contributed by atoms with Crippen LogP contribution in [-0.4, -0.2) is 23.4 Å². The number of hydrogen-bond acceptors (Lipinski definition) is 3. The lowest BCUT2D eigenvalue weighted by Crippen LogP contribution is -2.30. The summed E-state index contributed by atoms with van der Waals surface area (Å²) >= 11 is 0. The van der Waals surface area contributed by atoms with Gasteiger partial charge in [0.2, 0.25) is 6.04 Å². The van der Waals surface area contributed by atoms with Crippen LogP contribution in [0.1, 0.15) is 62.2 Å². The molecule has 22 heavy (non-hydrogen) atoms. The Morgan fingerprint density at radius 2 is 1.82 bits per heavy atom. The molecule has 0 aromatic heterocycles. The van der Waals surface area contributed by atoms with Crippen molar-refractivity contribution in [2.24, 2.45) is 0 Å². The summed E-state index contributed by atoms with van der Waals surface area (Å²) in [5.41, 5.74) is 0.583. The maximum atomic E-state index is 11.8. The summed E-state index contributed by atoms with van der Waals surface area (Å²) < 4.78 is 0. The van der Waals surface area contributed by atoms with Gasteiger partial charge in [0.1, 0.15) is 0 Å². The Balaban J connectivity index is 2.26. The van der Waals surface area contributed by atoms with Gasteiger partial charge in [0, 0.05) is 29.9 Å². The highest BCUT2D eigenvalue weighted by molar-refractivity contribution is 5.94.